The maximum absolute atomic E-state index is 13.3. The van der Waals surface area contributed by atoms with Crippen LogP contribution in [0, 0.1) is 11.6 Å². The molecule has 1 fully saturated rings. The number of piperazine rings is 1. The average molecular weight is 447 g/mol. The summed E-state index contributed by atoms with van der Waals surface area (Å²) in [4.78, 5) is 4.91. The normalized spacial score (nSPS) is 15.0. The van der Waals surface area contributed by atoms with E-state index < -0.39 is 0 Å². The van der Waals surface area contributed by atoms with Gasteiger partial charge in [-0.1, -0.05) is 31.2 Å². The third-order valence-corrected chi connectivity index (χ3v) is 5.04. The number of halogens is 4. The lowest BCUT2D eigenvalue weighted by molar-refractivity contribution is 0.0452. The van der Waals surface area contributed by atoms with E-state index in [4.69, 9.17) is 4.74 Å². The Hall–Kier alpha value is -1.24. The minimum Gasteiger partial charge on any atom is -0.367 e. The molecule has 7 heteroatoms. The Morgan fingerprint density at radius 1 is 0.759 bits per heavy atom. The number of rotatable bonds is 8. The second kappa shape index (κ2) is 13.1. The first-order valence-electron chi connectivity index (χ1n) is 9.73. The fourth-order valence-corrected chi connectivity index (χ4v) is 3.51. The van der Waals surface area contributed by atoms with E-state index in [9.17, 15) is 8.78 Å². The Kier molecular flexibility index (Phi) is 11.7. The molecule has 0 radical (unpaired) electrons. The maximum Gasteiger partial charge on any atom is 0.123 e. The highest BCUT2D eigenvalue weighted by molar-refractivity contribution is 5.85. The summed E-state index contributed by atoms with van der Waals surface area (Å²) in [6.07, 6.45) is 0.868. The molecular weight excluding hydrogens is 417 g/mol. The van der Waals surface area contributed by atoms with Crippen LogP contribution in [0.15, 0.2) is 48.5 Å². The predicted octanol–water partition coefficient (Wildman–Crippen LogP) is 4.94. The fraction of sp³-hybridized carbons (Fsp3) is 0.455. The summed E-state index contributed by atoms with van der Waals surface area (Å²) in [5.74, 6) is -0.553. The van der Waals surface area contributed by atoms with E-state index in [-0.39, 0.29) is 42.6 Å². The lowest BCUT2D eigenvalue weighted by atomic mass is 10.0. The third-order valence-electron chi connectivity index (χ3n) is 5.04. The Morgan fingerprint density at radius 2 is 1.17 bits per heavy atom. The SMILES string of the molecule is CCCN1CCN(CCOC(c2ccc(F)cc2)c2ccc(F)cc2)CC1.Cl.Cl. The third kappa shape index (κ3) is 7.83. The summed E-state index contributed by atoms with van der Waals surface area (Å²) in [6.45, 7) is 9.14. The van der Waals surface area contributed by atoms with Crippen molar-refractivity contribution in [1.29, 1.82) is 0 Å². The Balaban J connectivity index is 0.00000210. The number of hydrogen-bond donors (Lipinski definition) is 0. The summed E-state index contributed by atoms with van der Waals surface area (Å²) in [6, 6.07) is 12.6. The molecule has 1 aliphatic heterocycles. The van der Waals surface area contributed by atoms with Gasteiger partial charge in [0.25, 0.3) is 0 Å². The summed E-state index contributed by atoms with van der Waals surface area (Å²) in [5.41, 5.74) is 1.74. The highest BCUT2D eigenvalue weighted by atomic mass is 35.5. The molecule has 0 saturated carbocycles. The van der Waals surface area contributed by atoms with E-state index in [1.807, 2.05) is 0 Å². The highest BCUT2D eigenvalue weighted by Crippen LogP contribution is 2.26. The largest absolute Gasteiger partial charge is 0.367 e. The molecule has 1 saturated heterocycles. The van der Waals surface area contributed by atoms with Crippen LogP contribution < -0.4 is 0 Å². The van der Waals surface area contributed by atoms with Crippen molar-refractivity contribution in [3.05, 3.63) is 71.3 Å². The van der Waals surface area contributed by atoms with E-state index in [1.54, 1.807) is 24.3 Å². The van der Waals surface area contributed by atoms with E-state index in [0.29, 0.717) is 6.61 Å². The van der Waals surface area contributed by atoms with Crippen LogP contribution in [0.4, 0.5) is 8.78 Å². The molecule has 0 spiro atoms. The monoisotopic (exact) mass is 446 g/mol. The van der Waals surface area contributed by atoms with Crippen molar-refractivity contribution in [2.24, 2.45) is 0 Å². The average Bonchev–Trinajstić information content (AvgIpc) is 2.69. The van der Waals surface area contributed by atoms with Crippen LogP contribution in [0.2, 0.25) is 0 Å². The van der Waals surface area contributed by atoms with Gasteiger partial charge in [-0.15, -0.1) is 24.8 Å². The van der Waals surface area contributed by atoms with Crippen LogP contribution in [0.25, 0.3) is 0 Å². The molecule has 1 heterocycles. The summed E-state index contributed by atoms with van der Waals surface area (Å²) in [5, 5.41) is 0. The summed E-state index contributed by atoms with van der Waals surface area (Å²) in [7, 11) is 0. The smallest absolute Gasteiger partial charge is 0.123 e. The predicted molar refractivity (Wildman–Crippen MR) is 118 cm³/mol. The highest BCUT2D eigenvalue weighted by Gasteiger charge is 2.18. The van der Waals surface area contributed by atoms with Crippen molar-refractivity contribution < 1.29 is 13.5 Å². The molecule has 162 valence electrons. The molecule has 0 atom stereocenters. The molecule has 0 amide bonds. The molecule has 29 heavy (non-hydrogen) atoms. The molecule has 0 unspecified atom stereocenters. The van der Waals surface area contributed by atoms with Gasteiger partial charge in [-0.3, -0.25) is 4.90 Å². The van der Waals surface area contributed by atoms with Crippen LogP contribution in [-0.4, -0.2) is 55.7 Å². The van der Waals surface area contributed by atoms with Crippen molar-refractivity contribution in [2.75, 3.05) is 45.9 Å². The topological polar surface area (TPSA) is 15.7 Å². The zero-order chi connectivity index (χ0) is 19.1. The molecular formula is C22H30Cl2F2N2O. The molecule has 0 aromatic heterocycles. The fourth-order valence-electron chi connectivity index (χ4n) is 3.51. The second-order valence-electron chi connectivity index (χ2n) is 7.04. The van der Waals surface area contributed by atoms with Crippen LogP contribution >= 0.6 is 24.8 Å². The first-order chi connectivity index (χ1) is 13.2. The van der Waals surface area contributed by atoms with Crippen molar-refractivity contribution in [2.45, 2.75) is 19.4 Å². The van der Waals surface area contributed by atoms with Crippen molar-refractivity contribution in [3.8, 4) is 0 Å². The van der Waals surface area contributed by atoms with Gasteiger partial charge in [-0.25, -0.2) is 8.78 Å². The molecule has 2 aromatic rings. The summed E-state index contributed by atoms with van der Waals surface area (Å²) >= 11 is 0. The van der Waals surface area contributed by atoms with Crippen molar-refractivity contribution >= 4 is 24.8 Å². The van der Waals surface area contributed by atoms with Gasteiger partial charge >= 0.3 is 0 Å². The Bertz CT molecular complexity index is 647. The molecule has 2 aromatic carbocycles. The number of benzene rings is 2. The number of hydrogen-bond acceptors (Lipinski definition) is 3. The Labute approximate surface area is 184 Å². The van der Waals surface area contributed by atoms with Crippen LogP contribution in [0.1, 0.15) is 30.6 Å². The van der Waals surface area contributed by atoms with Gasteiger partial charge in [0.1, 0.15) is 17.7 Å². The van der Waals surface area contributed by atoms with Crippen molar-refractivity contribution in [1.82, 2.24) is 9.80 Å². The van der Waals surface area contributed by atoms with Crippen LogP contribution in [0.5, 0.6) is 0 Å². The maximum atomic E-state index is 13.3. The first-order valence-corrected chi connectivity index (χ1v) is 9.73. The molecule has 3 rings (SSSR count). The van der Waals surface area contributed by atoms with Gasteiger partial charge < -0.3 is 9.64 Å². The lowest BCUT2D eigenvalue weighted by Gasteiger charge is -2.34. The summed E-state index contributed by atoms with van der Waals surface area (Å²) < 4.78 is 32.7. The van der Waals surface area contributed by atoms with Gasteiger partial charge in [-0.05, 0) is 48.4 Å². The molecule has 0 bridgehead atoms. The van der Waals surface area contributed by atoms with E-state index in [1.165, 1.54) is 37.2 Å². The molecule has 0 aliphatic carbocycles. The zero-order valence-corrected chi connectivity index (χ0v) is 18.4. The first kappa shape index (κ1) is 25.8. The van der Waals surface area contributed by atoms with E-state index in [0.717, 1.165) is 43.9 Å². The minimum atomic E-state index is -0.326. The van der Waals surface area contributed by atoms with Crippen molar-refractivity contribution in [3.63, 3.8) is 0 Å². The van der Waals surface area contributed by atoms with E-state index >= 15 is 0 Å². The van der Waals surface area contributed by atoms with Gasteiger partial charge in [0.05, 0.1) is 6.61 Å². The Morgan fingerprint density at radius 3 is 1.59 bits per heavy atom. The second-order valence-corrected chi connectivity index (χ2v) is 7.04. The number of ether oxygens (including phenoxy) is 1. The molecule has 1 aliphatic rings. The molecule has 3 nitrogen and oxygen atoms in total. The zero-order valence-electron chi connectivity index (χ0n) is 16.7. The van der Waals surface area contributed by atoms with E-state index in [2.05, 4.69) is 16.7 Å². The van der Waals surface area contributed by atoms with Gasteiger partial charge in [0, 0.05) is 32.7 Å². The van der Waals surface area contributed by atoms with Crippen LogP contribution in [-0.2, 0) is 4.74 Å². The van der Waals surface area contributed by atoms with Crippen LogP contribution in [0.3, 0.4) is 0 Å². The van der Waals surface area contributed by atoms with Gasteiger partial charge in [0.15, 0.2) is 0 Å². The van der Waals surface area contributed by atoms with Gasteiger partial charge in [-0.2, -0.15) is 0 Å². The molecule has 0 N–H and O–H groups in total. The quantitative estimate of drug-likeness (QED) is 0.570. The minimum absolute atomic E-state index is 0. The standard InChI is InChI=1S/C22H28F2N2O.2ClH/c1-2-11-25-12-14-26(15-13-25)16-17-27-22(18-3-7-20(23)8-4-18)19-5-9-21(24)10-6-19;;/h3-10,22H,2,11-17H2,1H3;2*1H. The number of nitrogens with zero attached hydrogens (tertiary/aromatic N) is 2. The lowest BCUT2D eigenvalue weighted by Crippen LogP contribution is -2.47. The van der Waals surface area contributed by atoms with Gasteiger partial charge in [0.2, 0.25) is 0 Å².